The van der Waals surface area contributed by atoms with Crippen LogP contribution in [0.2, 0.25) is 0 Å². The summed E-state index contributed by atoms with van der Waals surface area (Å²) < 4.78 is 0. The molecule has 1 nitrogen and oxygen atoms in total. The molecule has 1 saturated heterocycles. The molecule has 0 radical (unpaired) electrons. The Balaban J connectivity index is 2.08. The van der Waals surface area contributed by atoms with E-state index < -0.39 is 0 Å². The summed E-state index contributed by atoms with van der Waals surface area (Å²) in [5, 5.41) is 4.56. The van der Waals surface area contributed by atoms with Gasteiger partial charge < -0.3 is 5.32 Å². The fourth-order valence-electron chi connectivity index (χ4n) is 1.32. The van der Waals surface area contributed by atoms with Crippen molar-refractivity contribution in [2.24, 2.45) is 5.92 Å². The van der Waals surface area contributed by atoms with Crippen molar-refractivity contribution in [1.29, 1.82) is 0 Å². The van der Waals surface area contributed by atoms with E-state index in [1.807, 2.05) is 0 Å². The van der Waals surface area contributed by atoms with Gasteiger partial charge in [0.2, 0.25) is 0 Å². The Kier molecular flexibility index (Phi) is 3.59. The number of nitrogens with one attached hydrogen (secondary N) is 1. The van der Waals surface area contributed by atoms with Gasteiger partial charge in [-0.15, -0.1) is 0 Å². The molecule has 0 aromatic rings. The Morgan fingerprint density at radius 3 is 3.00 bits per heavy atom. The second kappa shape index (κ2) is 4.29. The lowest BCUT2D eigenvalue weighted by Gasteiger charge is -2.21. The smallest absolute Gasteiger partial charge is 0.00344 e. The largest absolute Gasteiger partial charge is 0.316 e. The first kappa shape index (κ1) is 7.55. The van der Waals surface area contributed by atoms with Crippen LogP contribution in [0.4, 0.5) is 0 Å². The van der Waals surface area contributed by atoms with Gasteiger partial charge in [-0.3, -0.25) is 0 Å². The van der Waals surface area contributed by atoms with E-state index in [-0.39, 0.29) is 0 Å². The van der Waals surface area contributed by atoms with E-state index in [0.29, 0.717) is 0 Å². The highest BCUT2D eigenvalue weighted by Gasteiger charge is 2.10. The molecule has 1 aliphatic heterocycles. The first-order valence-electron chi connectivity index (χ1n) is 3.70. The quantitative estimate of drug-likeness (QED) is 0.657. The minimum atomic E-state index is 0.943. The van der Waals surface area contributed by atoms with Crippen LogP contribution in [-0.4, -0.2) is 18.4 Å². The van der Waals surface area contributed by atoms with E-state index in [0.717, 1.165) is 5.92 Å². The molecular weight excluding hydrogens is 178 g/mol. The average Bonchev–Trinajstić information content (AvgIpc) is 1.91. The van der Waals surface area contributed by atoms with Gasteiger partial charge in [-0.1, -0.05) is 15.9 Å². The third-order valence-electron chi connectivity index (χ3n) is 1.92. The third kappa shape index (κ3) is 2.67. The van der Waals surface area contributed by atoms with Crippen LogP contribution in [0.15, 0.2) is 0 Å². The van der Waals surface area contributed by atoms with Crippen molar-refractivity contribution in [2.45, 2.75) is 19.3 Å². The molecule has 1 heterocycles. The fourth-order valence-corrected chi connectivity index (χ4v) is 1.97. The number of hydrogen-bond donors (Lipinski definition) is 1. The summed E-state index contributed by atoms with van der Waals surface area (Å²) in [5.74, 6) is 0.943. The highest BCUT2D eigenvalue weighted by molar-refractivity contribution is 9.09. The summed E-state index contributed by atoms with van der Waals surface area (Å²) in [6, 6.07) is 0. The molecule has 0 spiro atoms. The van der Waals surface area contributed by atoms with Gasteiger partial charge in [0.1, 0.15) is 0 Å². The van der Waals surface area contributed by atoms with Crippen molar-refractivity contribution in [3.05, 3.63) is 0 Å². The molecule has 9 heavy (non-hydrogen) atoms. The van der Waals surface area contributed by atoms with Gasteiger partial charge in [0.25, 0.3) is 0 Å². The van der Waals surface area contributed by atoms with Gasteiger partial charge in [0, 0.05) is 5.33 Å². The Bertz CT molecular complexity index is 66.6. The van der Waals surface area contributed by atoms with Gasteiger partial charge in [-0.25, -0.2) is 0 Å². The molecule has 0 saturated carbocycles. The van der Waals surface area contributed by atoms with Gasteiger partial charge >= 0.3 is 0 Å². The zero-order valence-electron chi connectivity index (χ0n) is 5.70. The number of halogens is 1. The van der Waals surface area contributed by atoms with E-state index in [1.165, 1.54) is 37.7 Å². The summed E-state index contributed by atoms with van der Waals surface area (Å²) >= 11 is 3.46. The zero-order chi connectivity index (χ0) is 6.53. The standard InChI is InChI=1S/C7H14BrN/c8-4-3-7-2-1-5-9-6-7/h7,9H,1-6H2/t7-/m0/s1. The van der Waals surface area contributed by atoms with Crippen LogP contribution in [0.1, 0.15) is 19.3 Å². The Morgan fingerprint density at radius 1 is 1.56 bits per heavy atom. The van der Waals surface area contributed by atoms with Gasteiger partial charge in [0.15, 0.2) is 0 Å². The van der Waals surface area contributed by atoms with E-state index in [1.54, 1.807) is 0 Å². The van der Waals surface area contributed by atoms with Crippen molar-refractivity contribution < 1.29 is 0 Å². The second-order valence-electron chi connectivity index (χ2n) is 2.69. The van der Waals surface area contributed by atoms with Crippen molar-refractivity contribution in [2.75, 3.05) is 18.4 Å². The van der Waals surface area contributed by atoms with Crippen LogP contribution < -0.4 is 5.32 Å². The monoisotopic (exact) mass is 191 g/mol. The molecule has 1 N–H and O–H groups in total. The molecule has 1 fully saturated rings. The molecule has 1 rings (SSSR count). The number of hydrogen-bond acceptors (Lipinski definition) is 1. The third-order valence-corrected chi connectivity index (χ3v) is 2.37. The van der Waals surface area contributed by atoms with Crippen LogP contribution in [0.5, 0.6) is 0 Å². The SMILES string of the molecule is BrCC[C@@H]1CCCNC1. The number of alkyl halides is 1. The molecule has 2 heteroatoms. The Morgan fingerprint density at radius 2 is 2.44 bits per heavy atom. The highest BCUT2D eigenvalue weighted by atomic mass is 79.9. The molecule has 1 aliphatic rings. The fraction of sp³-hybridized carbons (Fsp3) is 1.00. The molecule has 0 amide bonds. The van der Waals surface area contributed by atoms with Crippen LogP contribution in [0, 0.1) is 5.92 Å². The predicted octanol–water partition coefficient (Wildman–Crippen LogP) is 1.77. The molecule has 0 unspecified atom stereocenters. The Labute approximate surface area is 65.3 Å². The van der Waals surface area contributed by atoms with Gasteiger partial charge in [0.05, 0.1) is 0 Å². The molecular formula is C7H14BrN. The summed E-state index contributed by atoms with van der Waals surface area (Å²) in [7, 11) is 0. The van der Waals surface area contributed by atoms with Crippen molar-refractivity contribution in [3.8, 4) is 0 Å². The predicted molar refractivity (Wildman–Crippen MR) is 44.0 cm³/mol. The lowest BCUT2D eigenvalue weighted by molar-refractivity contribution is 0.371. The summed E-state index contributed by atoms with van der Waals surface area (Å²) in [6.07, 6.45) is 4.14. The summed E-state index contributed by atoms with van der Waals surface area (Å²) in [4.78, 5) is 0. The van der Waals surface area contributed by atoms with Gasteiger partial charge in [-0.2, -0.15) is 0 Å². The highest BCUT2D eigenvalue weighted by Crippen LogP contribution is 2.14. The summed E-state index contributed by atoms with van der Waals surface area (Å²) in [6.45, 7) is 2.48. The van der Waals surface area contributed by atoms with Crippen molar-refractivity contribution in [1.82, 2.24) is 5.32 Å². The maximum atomic E-state index is 3.46. The minimum Gasteiger partial charge on any atom is -0.316 e. The van der Waals surface area contributed by atoms with Crippen molar-refractivity contribution >= 4 is 15.9 Å². The second-order valence-corrected chi connectivity index (χ2v) is 3.48. The topological polar surface area (TPSA) is 12.0 Å². The number of piperidine rings is 1. The van der Waals surface area contributed by atoms with Crippen LogP contribution in [0.25, 0.3) is 0 Å². The maximum Gasteiger partial charge on any atom is 0.00344 e. The normalized spacial score (nSPS) is 28.3. The maximum absolute atomic E-state index is 3.46. The molecule has 0 aromatic heterocycles. The van der Waals surface area contributed by atoms with E-state index in [4.69, 9.17) is 0 Å². The van der Waals surface area contributed by atoms with Gasteiger partial charge in [-0.05, 0) is 38.3 Å². The zero-order valence-corrected chi connectivity index (χ0v) is 7.28. The first-order chi connectivity index (χ1) is 4.43. The molecule has 1 atom stereocenters. The number of rotatable bonds is 2. The first-order valence-corrected chi connectivity index (χ1v) is 4.82. The average molecular weight is 192 g/mol. The van der Waals surface area contributed by atoms with Crippen molar-refractivity contribution in [3.63, 3.8) is 0 Å². The molecule has 0 aliphatic carbocycles. The summed E-state index contributed by atoms with van der Waals surface area (Å²) in [5.41, 5.74) is 0. The molecule has 54 valence electrons. The van der Waals surface area contributed by atoms with E-state index >= 15 is 0 Å². The molecule has 0 aromatic carbocycles. The van der Waals surface area contributed by atoms with Crippen LogP contribution >= 0.6 is 15.9 Å². The lowest BCUT2D eigenvalue weighted by Crippen LogP contribution is -2.29. The Hall–Kier alpha value is 0.440. The van der Waals surface area contributed by atoms with Crippen LogP contribution in [-0.2, 0) is 0 Å². The minimum absolute atomic E-state index is 0.943. The van der Waals surface area contributed by atoms with E-state index in [9.17, 15) is 0 Å². The lowest BCUT2D eigenvalue weighted by atomic mass is 9.97. The molecule has 0 bridgehead atoms. The van der Waals surface area contributed by atoms with E-state index in [2.05, 4.69) is 21.2 Å². The van der Waals surface area contributed by atoms with Crippen LogP contribution in [0.3, 0.4) is 0 Å².